The highest BCUT2D eigenvalue weighted by molar-refractivity contribution is 9.09. The number of carbonyl (C=O) groups is 1. The SMILES string of the molecule is O=C(c1ccccn1)N1CCCCCC1CBr. The van der Waals surface area contributed by atoms with Crippen molar-refractivity contribution in [2.24, 2.45) is 0 Å². The molecule has 2 rings (SSSR count). The third-order valence-electron chi connectivity index (χ3n) is 3.20. The third kappa shape index (κ3) is 3.06. The number of hydrogen-bond acceptors (Lipinski definition) is 2. The van der Waals surface area contributed by atoms with Gasteiger partial charge < -0.3 is 4.90 Å². The summed E-state index contributed by atoms with van der Waals surface area (Å²) < 4.78 is 0. The number of nitrogens with zero attached hydrogens (tertiary/aromatic N) is 2. The van der Waals surface area contributed by atoms with E-state index < -0.39 is 0 Å². The first-order chi connectivity index (χ1) is 8.33. The largest absolute Gasteiger partial charge is 0.333 e. The molecule has 0 radical (unpaired) electrons. The lowest BCUT2D eigenvalue weighted by molar-refractivity contribution is 0.0696. The molecule has 1 aromatic heterocycles. The van der Waals surface area contributed by atoms with Crippen molar-refractivity contribution in [1.29, 1.82) is 0 Å². The minimum absolute atomic E-state index is 0.0666. The summed E-state index contributed by atoms with van der Waals surface area (Å²) in [7, 11) is 0. The Bertz CT molecular complexity index is 369. The van der Waals surface area contributed by atoms with Crippen LogP contribution in [0, 0.1) is 0 Å². The first kappa shape index (κ1) is 12.6. The van der Waals surface area contributed by atoms with Gasteiger partial charge in [0.1, 0.15) is 5.69 Å². The predicted molar refractivity (Wildman–Crippen MR) is 71.3 cm³/mol. The molecule has 1 fully saturated rings. The fraction of sp³-hybridized carbons (Fsp3) is 0.538. The van der Waals surface area contributed by atoms with Gasteiger partial charge in [0.2, 0.25) is 0 Å². The molecule has 1 atom stereocenters. The zero-order chi connectivity index (χ0) is 12.1. The number of pyridine rings is 1. The van der Waals surface area contributed by atoms with Crippen molar-refractivity contribution in [1.82, 2.24) is 9.88 Å². The molecule has 92 valence electrons. The van der Waals surface area contributed by atoms with Crippen LogP contribution in [0.3, 0.4) is 0 Å². The van der Waals surface area contributed by atoms with Crippen LogP contribution in [0.2, 0.25) is 0 Å². The van der Waals surface area contributed by atoms with E-state index in [-0.39, 0.29) is 5.91 Å². The predicted octanol–water partition coefficient (Wildman–Crippen LogP) is 2.86. The summed E-state index contributed by atoms with van der Waals surface area (Å²) in [5.74, 6) is 0.0666. The molecule has 0 N–H and O–H groups in total. The van der Waals surface area contributed by atoms with Crippen LogP contribution in [0.1, 0.15) is 36.2 Å². The van der Waals surface area contributed by atoms with Crippen LogP contribution in [0.15, 0.2) is 24.4 Å². The van der Waals surface area contributed by atoms with E-state index in [1.165, 1.54) is 12.8 Å². The summed E-state index contributed by atoms with van der Waals surface area (Å²) in [6.07, 6.45) is 6.29. The van der Waals surface area contributed by atoms with Gasteiger partial charge in [-0.25, -0.2) is 0 Å². The van der Waals surface area contributed by atoms with E-state index in [0.29, 0.717) is 11.7 Å². The Morgan fingerprint density at radius 2 is 2.29 bits per heavy atom. The lowest BCUT2D eigenvalue weighted by atomic mass is 10.1. The Labute approximate surface area is 110 Å². The molecular formula is C13H17BrN2O. The molecule has 1 aliphatic heterocycles. The minimum Gasteiger partial charge on any atom is -0.333 e. The van der Waals surface area contributed by atoms with Crippen molar-refractivity contribution in [3.63, 3.8) is 0 Å². The molecule has 0 saturated carbocycles. The van der Waals surface area contributed by atoms with Gasteiger partial charge >= 0.3 is 0 Å². The van der Waals surface area contributed by atoms with Crippen molar-refractivity contribution in [2.45, 2.75) is 31.7 Å². The lowest BCUT2D eigenvalue weighted by Gasteiger charge is -2.28. The van der Waals surface area contributed by atoms with Crippen LogP contribution in [-0.2, 0) is 0 Å². The molecule has 0 bridgehead atoms. The van der Waals surface area contributed by atoms with Gasteiger partial charge in [-0.1, -0.05) is 34.8 Å². The average Bonchev–Trinajstić information content (AvgIpc) is 2.64. The van der Waals surface area contributed by atoms with E-state index in [4.69, 9.17) is 0 Å². The van der Waals surface area contributed by atoms with Crippen molar-refractivity contribution in [3.8, 4) is 0 Å². The van der Waals surface area contributed by atoms with Crippen molar-refractivity contribution in [2.75, 3.05) is 11.9 Å². The standard InChI is InChI=1S/C13H17BrN2O/c14-10-11-6-2-1-5-9-16(11)13(17)12-7-3-4-8-15-12/h3-4,7-8,11H,1-2,5-6,9-10H2. The van der Waals surface area contributed by atoms with Gasteiger partial charge in [0.15, 0.2) is 0 Å². The van der Waals surface area contributed by atoms with Crippen molar-refractivity contribution < 1.29 is 4.79 Å². The molecule has 0 spiro atoms. The van der Waals surface area contributed by atoms with Crippen molar-refractivity contribution >= 4 is 21.8 Å². The maximum absolute atomic E-state index is 12.4. The zero-order valence-electron chi connectivity index (χ0n) is 9.81. The topological polar surface area (TPSA) is 33.2 Å². The molecule has 2 heterocycles. The highest BCUT2D eigenvalue weighted by atomic mass is 79.9. The quantitative estimate of drug-likeness (QED) is 0.786. The number of carbonyl (C=O) groups excluding carboxylic acids is 1. The van der Waals surface area contributed by atoms with Gasteiger partial charge in [-0.05, 0) is 25.0 Å². The zero-order valence-corrected chi connectivity index (χ0v) is 11.4. The normalized spacial score (nSPS) is 21.0. The fourth-order valence-corrected chi connectivity index (χ4v) is 2.91. The average molecular weight is 297 g/mol. The summed E-state index contributed by atoms with van der Waals surface area (Å²) in [6.45, 7) is 0.853. The minimum atomic E-state index is 0.0666. The van der Waals surface area contributed by atoms with Crippen LogP contribution in [0.4, 0.5) is 0 Å². The molecule has 0 aliphatic carbocycles. The summed E-state index contributed by atoms with van der Waals surface area (Å²) in [6, 6.07) is 5.80. The second-order valence-corrected chi connectivity index (χ2v) is 5.02. The smallest absolute Gasteiger partial charge is 0.272 e. The summed E-state index contributed by atoms with van der Waals surface area (Å²) >= 11 is 3.51. The number of rotatable bonds is 2. The summed E-state index contributed by atoms with van der Waals surface area (Å²) in [5.41, 5.74) is 0.556. The molecule has 1 aliphatic rings. The first-order valence-electron chi connectivity index (χ1n) is 6.11. The Morgan fingerprint density at radius 3 is 3.00 bits per heavy atom. The van der Waals surface area contributed by atoms with Crippen molar-refractivity contribution in [3.05, 3.63) is 30.1 Å². The third-order valence-corrected chi connectivity index (χ3v) is 3.95. The second kappa shape index (κ2) is 6.15. The highest BCUT2D eigenvalue weighted by Gasteiger charge is 2.25. The van der Waals surface area contributed by atoms with Gasteiger partial charge in [0.05, 0.1) is 0 Å². The van der Waals surface area contributed by atoms with E-state index in [2.05, 4.69) is 20.9 Å². The highest BCUT2D eigenvalue weighted by Crippen LogP contribution is 2.20. The number of likely N-dealkylation sites (tertiary alicyclic amines) is 1. The van der Waals surface area contributed by atoms with Crippen LogP contribution < -0.4 is 0 Å². The Balaban J connectivity index is 2.16. The lowest BCUT2D eigenvalue weighted by Crippen LogP contribution is -2.41. The maximum Gasteiger partial charge on any atom is 0.272 e. The molecule has 1 unspecified atom stereocenters. The van der Waals surface area contributed by atoms with E-state index in [9.17, 15) is 4.79 Å². The maximum atomic E-state index is 12.4. The number of amides is 1. The van der Waals surface area contributed by atoms with Gasteiger partial charge in [0.25, 0.3) is 5.91 Å². The molecule has 0 aromatic carbocycles. The van der Waals surface area contributed by atoms with Crippen LogP contribution >= 0.6 is 15.9 Å². The van der Waals surface area contributed by atoms with Gasteiger partial charge in [-0.2, -0.15) is 0 Å². The van der Waals surface area contributed by atoms with Crippen LogP contribution in [0.5, 0.6) is 0 Å². The number of hydrogen-bond donors (Lipinski definition) is 0. The van der Waals surface area contributed by atoms with E-state index >= 15 is 0 Å². The van der Waals surface area contributed by atoms with E-state index in [0.717, 1.165) is 24.7 Å². The van der Waals surface area contributed by atoms with Gasteiger partial charge in [-0.15, -0.1) is 0 Å². The molecule has 1 aromatic rings. The number of alkyl halides is 1. The Hall–Kier alpha value is -0.900. The molecule has 17 heavy (non-hydrogen) atoms. The Kier molecular flexibility index (Phi) is 4.54. The van der Waals surface area contributed by atoms with Crippen LogP contribution in [0.25, 0.3) is 0 Å². The molecule has 1 saturated heterocycles. The first-order valence-corrected chi connectivity index (χ1v) is 7.23. The molecule has 1 amide bonds. The van der Waals surface area contributed by atoms with E-state index in [1.807, 2.05) is 17.0 Å². The van der Waals surface area contributed by atoms with E-state index in [1.54, 1.807) is 12.3 Å². The number of halogens is 1. The van der Waals surface area contributed by atoms with Crippen LogP contribution in [-0.4, -0.2) is 33.7 Å². The Morgan fingerprint density at radius 1 is 1.41 bits per heavy atom. The fourth-order valence-electron chi connectivity index (χ4n) is 2.24. The second-order valence-electron chi connectivity index (χ2n) is 4.37. The molecule has 3 nitrogen and oxygen atoms in total. The molecule has 4 heteroatoms. The monoisotopic (exact) mass is 296 g/mol. The summed E-state index contributed by atoms with van der Waals surface area (Å²) in [4.78, 5) is 18.5. The summed E-state index contributed by atoms with van der Waals surface area (Å²) in [5, 5.41) is 0.853. The molecular weight excluding hydrogens is 280 g/mol. The number of aromatic nitrogens is 1. The van der Waals surface area contributed by atoms with Gasteiger partial charge in [-0.3, -0.25) is 9.78 Å². The van der Waals surface area contributed by atoms with Gasteiger partial charge in [0, 0.05) is 24.1 Å².